The summed E-state index contributed by atoms with van der Waals surface area (Å²) in [4.78, 5) is 13.0. The van der Waals surface area contributed by atoms with Crippen molar-refractivity contribution < 1.29 is 17.9 Å². The van der Waals surface area contributed by atoms with Crippen LogP contribution in [0.15, 0.2) is 77.7 Å². The molecule has 0 radical (unpaired) electrons. The van der Waals surface area contributed by atoms with Crippen LogP contribution >= 0.6 is 11.6 Å². The molecule has 0 bridgehead atoms. The maximum absolute atomic E-state index is 13.4. The first-order valence-corrected chi connectivity index (χ1v) is 11.8. The number of carbonyl (C=O) groups excluding carboxylic acids is 1. The summed E-state index contributed by atoms with van der Waals surface area (Å²) in [6, 6.07) is 19.9. The van der Waals surface area contributed by atoms with Gasteiger partial charge in [0.1, 0.15) is 12.3 Å². The highest BCUT2D eigenvalue weighted by Crippen LogP contribution is 2.27. The number of aryl methyl sites for hydroxylation is 1. The van der Waals surface area contributed by atoms with Gasteiger partial charge in [-0.15, -0.1) is 0 Å². The predicted octanol–water partition coefficient (Wildman–Crippen LogP) is 4.73. The molecule has 0 aromatic heterocycles. The standard InChI is InChI=1S/C24H25ClN2O4S/c1-17-6-4-5-7-23(17)27(32(29,30)22-14-10-20(25)11-15-22)16-24(28)26-18(2)19-8-12-21(31-3)13-9-19/h4-15,18H,16H2,1-3H3,(H,26,28). The number of sulfonamides is 1. The topological polar surface area (TPSA) is 75.7 Å². The molecule has 0 spiro atoms. The van der Waals surface area contributed by atoms with E-state index in [2.05, 4.69) is 5.32 Å². The molecule has 1 amide bonds. The van der Waals surface area contributed by atoms with Crippen molar-refractivity contribution in [2.45, 2.75) is 24.8 Å². The molecule has 8 heteroatoms. The van der Waals surface area contributed by atoms with Gasteiger partial charge in [0.15, 0.2) is 0 Å². The van der Waals surface area contributed by atoms with Gasteiger partial charge in [0.25, 0.3) is 10.0 Å². The third kappa shape index (κ3) is 5.41. The highest BCUT2D eigenvalue weighted by atomic mass is 35.5. The molecule has 1 atom stereocenters. The van der Waals surface area contributed by atoms with E-state index in [-0.39, 0.29) is 17.5 Å². The van der Waals surface area contributed by atoms with Crippen LogP contribution in [0.5, 0.6) is 5.75 Å². The maximum Gasteiger partial charge on any atom is 0.264 e. The molecular weight excluding hydrogens is 448 g/mol. The van der Waals surface area contributed by atoms with E-state index in [1.165, 1.54) is 24.3 Å². The fraction of sp³-hybridized carbons (Fsp3) is 0.208. The number of nitrogens with zero attached hydrogens (tertiary/aromatic N) is 1. The number of ether oxygens (including phenoxy) is 1. The Morgan fingerprint density at radius 2 is 1.66 bits per heavy atom. The number of para-hydroxylation sites is 1. The second kappa shape index (κ2) is 10.1. The Bertz CT molecular complexity index is 1180. The van der Waals surface area contributed by atoms with E-state index in [1.807, 2.05) is 37.3 Å². The number of benzene rings is 3. The highest BCUT2D eigenvalue weighted by molar-refractivity contribution is 7.92. The van der Waals surface area contributed by atoms with Crippen molar-refractivity contribution >= 4 is 33.2 Å². The van der Waals surface area contributed by atoms with Gasteiger partial charge in [-0.25, -0.2) is 8.42 Å². The number of anilines is 1. The molecule has 0 saturated heterocycles. The van der Waals surface area contributed by atoms with Crippen molar-refractivity contribution in [1.29, 1.82) is 0 Å². The molecule has 0 heterocycles. The minimum atomic E-state index is -4.00. The Kier molecular flexibility index (Phi) is 7.43. The Morgan fingerprint density at radius 1 is 1.03 bits per heavy atom. The monoisotopic (exact) mass is 472 g/mol. The second-order valence-electron chi connectivity index (χ2n) is 7.31. The van der Waals surface area contributed by atoms with Gasteiger partial charge in [-0.3, -0.25) is 9.10 Å². The number of halogens is 1. The Labute approximate surface area is 193 Å². The first-order chi connectivity index (χ1) is 15.2. The highest BCUT2D eigenvalue weighted by Gasteiger charge is 2.28. The van der Waals surface area contributed by atoms with Gasteiger partial charge in [0.2, 0.25) is 5.91 Å². The Hall–Kier alpha value is -3.03. The van der Waals surface area contributed by atoms with Crippen LogP contribution in [0, 0.1) is 6.92 Å². The summed E-state index contributed by atoms with van der Waals surface area (Å²) in [6.45, 7) is 3.28. The van der Waals surface area contributed by atoms with Gasteiger partial charge in [0.05, 0.1) is 23.7 Å². The quantitative estimate of drug-likeness (QED) is 0.514. The molecular formula is C24H25ClN2O4S. The second-order valence-corrected chi connectivity index (χ2v) is 9.61. The van der Waals surface area contributed by atoms with Crippen molar-refractivity contribution in [3.05, 3.63) is 88.9 Å². The molecule has 0 aliphatic rings. The fourth-order valence-electron chi connectivity index (χ4n) is 3.27. The van der Waals surface area contributed by atoms with Crippen LogP contribution in [0.2, 0.25) is 5.02 Å². The lowest BCUT2D eigenvalue weighted by Gasteiger charge is -2.26. The van der Waals surface area contributed by atoms with Crippen LogP contribution in [0.1, 0.15) is 24.1 Å². The molecule has 0 fully saturated rings. The number of rotatable bonds is 8. The van der Waals surface area contributed by atoms with Gasteiger partial charge in [0, 0.05) is 5.02 Å². The average Bonchev–Trinajstić information content (AvgIpc) is 2.78. The smallest absolute Gasteiger partial charge is 0.264 e. The predicted molar refractivity (Wildman–Crippen MR) is 127 cm³/mol. The van der Waals surface area contributed by atoms with Crippen LogP contribution < -0.4 is 14.4 Å². The first kappa shape index (κ1) is 23.6. The summed E-state index contributed by atoms with van der Waals surface area (Å²) in [5.41, 5.74) is 2.05. The molecule has 3 rings (SSSR count). The van der Waals surface area contributed by atoms with Crippen molar-refractivity contribution in [2.24, 2.45) is 0 Å². The number of amides is 1. The Morgan fingerprint density at radius 3 is 2.25 bits per heavy atom. The molecule has 32 heavy (non-hydrogen) atoms. The summed E-state index contributed by atoms with van der Waals surface area (Å²) in [7, 11) is -2.42. The zero-order chi connectivity index (χ0) is 23.3. The van der Waals surface area contributed by atoms with Crippen molar-refractivity contribution in [3.8, 4) is 5.75 Å². The minimum Gasteiger partial charge on any atom is -0.497 e. The molecule has 1 N–H and O–H groups in total. The summed E-state index contributed by atoms with van der Waals surface area (Å²) in [5.74, 6) is 0.293. The van der Waals surface area contributed by atoms with Crippen molar-refractivity contribution in [3.63, 3.8) is 0 Å². The van der Waals surface area contributed by atoms with Crippen LogP contribution in [0.3, 0.4) is 0 Å². The maximum atomic E-state index is 13.4. The van der Waals surface area contributed by atoms with Gasteiger partial charge < -0.3 is 10.1 Å². The SMILES string of the molecule is COc1ccc(C(C)NC(=O)CN(c2ccccc2C)S(=O)(=O)c2ccc(Cl)cc2)cc1. The van der Waals surface area contributed by atoms with E-state index < -0.39 is 15.9 Å². The lowest BCUT2D eigenvalue weighted by molar-refractivity contribution is -0.120. The van der Waals surface area contributed by atoms with Gasteiger partial charge in [-0.1, -0.05) is 41.9 Å². The lowest BCUT2D eigenvalue weighted by Crippen LogP contribution is -2.41. The largest absolute Gasteiger partial charge is 0.497 e. The van der Waals surface area contributed by atoms with E-state index in [0.29, 0.717) is 16.5 Å². The molecule has 3 aromatic rings. The van der Waals surface area contributed by atoms with E-state index in [9.17, 15) is 13.2 Å². The zero-order valence-corrected chi connectivity index (χ0v) is 19.7. The van der Waals surface area contributed by atoms with Crippen LogP contribution in [-0.2, 0) is 14.8 Å². The van der Waals surface area contributed by atoms with Crippen molar-refractivity contribution in [2.75, 3.05) is 18.0 Å². The summed E-state index contributed by atoms with van der Waals surface area (Å²) in [6.07, 6.45) is 0. The minimum absolute atomic E-state index is 0.0566. The van der Waals surface area contributed by atoms with Crippen molar-refractivity contribution in [1.82, 2.24) is 5.32 Å². The molecule has 1 unspecified atom stereocenters. The van der Waals surface area contributed by atoms with E-state index in [4.69, 9.17) is 16.3 Å². The molecule has 0 saturated carbocycles. The lowest BCUT2D eigenvalue weighted by atomic mass is 10.1. The van der Waals surface area contributed by atoms with E-state index >= 15 is 0 Å². The number of carbonyl (C=O) groups is 1. The third-order valence-corrected chi connectivity index (χ3v) is 7.09. The molecule has 6 nitrogen and oxygen atoms in total. The zero-order valence-electron chi connectivity index (χ0n) is 18.1. The van der Waals surface area contributed by atoms with Crippen LogP contribution in [0.4, 0.5) is 5.69 Å². The molecule has 3 aromatic carbocycles. The number of nitrogens with one attached hydrogen (secondary N) is 1. The van der Waals surface area contributed by atoms with Gasteiger partial charge in [-0.05, 0) is 67.4 Å². The third-order valence-electron chi connectivity index (χ3n) is 5.07. The number of hydrogen-bond donors (Lipinski definition) is 1. The van der Waals surface area contributed by atoms with Crippen LogP contribution in [0.25, 0.3) is 0 Å². The first-order valence-electron chi connectivity index (χ1n) is 9.99. The normalized spacial score (nSPS) is 12.1. The van der Waals surface area contributed by atoms with E-state index in [1.54, 1.807) is 32.2 Å². The van der Waals surface area contributed by atoms with Gasteiger partial charge in [-0.2, -0.15) is 0 Å². The number of hydrogen-bond acceptors (Lipinski definition) is 4. The van der Waals surface area contributed by atoms with Gasteiger partial charge >= 0.3 is 0 Å². The average molecular weight is 473 g/mol. The summed E-state index contributed by atoms with van der Waals surface area (Å²) < 4.78 is 33.2. The number of methoxy groups -OCH3 is 1. The summed E-state index contributed by atoms with van der Waals surface area (Å²) >= 11 is 5.92. The summed E-state index contributed by atoms with van der Waals surface area (Å²) in [5, 5.41) is 3.31. The van der Waals surface area contributed by atoms with E-state index in [0.717, 1.165) is 15.4 Å². The van der Waals surface area contributed by atoms with Crippen LogP contribution in [-0.4, -0.2) is 28.0 Å². The molecule has 168 valence electrons. The fourth-order valence-corrected chi connectivity index (χ4v) is 4.88. The Balaban J connectivity index is 1.87. The molecule has 0 aliphatic heterocycles. The molecule has 0 aliphatic carbocycles.